The molecule has 6 heteroatoms. The molecule has 0 aromatic heterocycles. The second kappa shape index (κ2) is 7.41. The van der Waals surface area contributed by atoms with Crippen LogP contribution in [0, 0.1) is 11.3 Å². The van der Waals surface area contributed by atoms with Crippen molar-refractivity contribution < 1.29 is 14.4 Å². The average Bonchev–Trinajstić information content (AvgIpc) is 2.82. The number of rotatable bonds is 5. The highest BCUT2D eigenvalue weighted by Crippen LogP contribution is 2.46. The summed E-state index contributed by atoms with van der Waals surface area (Å²) in [6.45, 7) is 10.1. The first-order valence-corrected chi connectivity index (χ1v) is 9.78. The first kappa shape index (κ1) is 20.1. The molecule has 3 rings (SSSR count). The van der Waals surface area contributed by atoms with Gasteiger partial charge in [0.05, 0.1) is 0 Å². The number of urea groups is 1. The Morgan fingerprint density at radius 2 is 1.96 bits per heavy atom. The number of nitrogens with one attached hydrogen (secondary N) is 1. The van der Waals surface area contributed by atoms with Crippen molar-refractivity contribution in [2.45, 2.75) is 45.6 Å². The van der Waals surface area contributed by atoms with E-state index in [4.69, 9.17) is 0 Å². The molecular formula is C22H29N3O3. The van der Waals surface area contributed by atoms with Crippen molar-refractivity contribution in [3.05, 3.63) is 43.0 Å². The van der Waals surface area contributed by atoms with Crippen LogP contribution in [0.1, 0.15) is 40.0 Å². The van der Waals surface area contributed by atoms with Crippen molar-refractivity contribution in [3.63, 3.8) is 0 Å². The van der Waals surface area contributed by atoms with Gasteiger partial charge in [-0.1, -0.05) is 45.0 Å². The molecule has 1 aliphatic heterocycles. The molecule has 1 spiro atoms. The minimum absolute atomic E-state index is 0.0421. The molecule has 2 aliphatic rings. The number of amides is 4. The summed E-state index contributed by atoms with van der Waals surface area (Å²) >= 11 is 0. The molecule has 6 nitrogen and oxygen atoms in total. The zero-order valence-electron chi connectivity index (χ0n) is 16.9. The summed E-state index contributed by atoms with van der Waals surface area (Å²) in [5, 5.41) is 2.92. The Morgan fingerprint density at radius 3 is 2.57 bits per heavy atom. The van der Waals surface area contributed by atoms with Gasteiger partial charge in [0.1, 0.15) is 12.1 Å². The molecule has 1 N–H and O–H groups in total. The summed E-state index contributed by atoms with van der Waals surface area (Å²) in [5.41, 5.74) is -0.227. The highest BCUT2D eigenvalue weighted by atomic mass is 16.2. The number of anilines is 1. The average molecular weight is 383 g/mol. The van der Waals surface area contributed by atoms with Gasteiger partial charge in [0.25, 0.3) is 5.91 Å². The van der Waals surface area contributed by atoms with E-state index in [1.54, 1.807) is 6.08 Å². The number of hydrogen-bond acceptors (Lipinski definition) is 3. The number of carbonyl (C=O) groups is 3. The van der Waals surface area contributed by atoms with E-state index in [1.807, 2.05) is 30.3 Å². The molecule has 1 saturated heterocycles. The molecule has 1 aromatic carbocycles. The Morgan fingerprint density at radius 1 is 1.29 bits per heavy atom. The third kappa shape index (κ3) is 3.81. The SMILES string of the molecule is C=CCN(C(=O)CN1C(=O)NC2(CC(C)CC(C)(C)C2)C1=O)c1ccccc1. The summed E-state index contributed by atoms with van der Waals surface area (Å²) in [6.07, 6.45) is 3.84. The Bertz CT molecular complexity index is 789. The lowest BCUT2D eigenvalue weighted by Crippen LogP contribution is -2.54. The predicted octanol–water partition coefficient (Wildman–Crippen LogP) is 3.34. The van der Waals surface area contributed by atoms with Gasteiger partial charge >= 0.3 is 6.03 Å². The zero-order chi connectivity index (χ0) is 20.5. The summed E-state index contributed by atoms with van der Waals surface area (Å²) in [7, 11) is 0. The lowest BCUT2D eigenvalue weighted by molar-refractivity contribution is -0.137. The molecule has 1 aromatic rings. The van der Waals surface area contributed by atoms with Crippen LogP contribution >= 0.6 is 0 Å². The van der Waals surface area contributed by atoms with E-state index in [0.29, 0.717) is 31.0 Å². The largest absolute Gasteiger partial charge is 0.325 e. The van der Waals surface area contributed by atoms with Crippen LogP contribution in [0.5, 0.6) is 0 Å². The molecule has 4 amide bonds. The maximum atomic E-state index is 13.2. The quantitative estimate of drug-likeness (QED) is 0.626. The molecular weight excluding hydrogens is 354 g/mol. The van der Waals surface area contributed by atoms with Gasteiger partial charge in [0.2, 0.25) is 5.91 Å². The van der Waals surface area contributed by atoms with E-state index in [0.717, 1.165) is 11.3 Å². The van der Waals surface area contributed by atoms with Crippen LogP contribution in [-0.2, 0) is 9.59 Å². The number of hydrogen-bond donors (Lipinski definition) is 1. The Hall–Kier alpha value is -2.63. The Balaban J connectivity index is 1.80. The summed E-state index contributed by atoms with van der Waals surface area (Å²) in [5.74, 6) is -0.267. The summed E-state index contributed by atoms with van der Waals surface area (Å²) < 4.78 is 0. The molecule has 2 fully saturated rings. The lowest BCUT2D eigenvalue weighted by Gasteiger charge is -2.43. The number of nitrogens with zero attached hydrogens (tertiary/aromatic N) is 2. The zero-order valence-corrected chi connectivity index (χ0v) is 16.9. The molecule has 1 heterocycles. The Labute approximate surface area is 166 Å². The van der Waals surface area contributed by atoms with Crippen molar-refractivity contribution in [3.8, 4) is 0 Å². The number of para-hydroxylation sites is 1. The van der Waals surface area contributed by atoms with Crippen molar-refractivity contribution >= 4 is 23.5 Å². The first-order valence-electron chi connectivity index (χ1n) is 9.78. The van der Waals surface area contributed by atoms with Crippen molar-refractivity contribution in [2.24, 2.45) is 11.3 Å². The van der Waals surface area contributed by atoms with Gasteiger partial charge < -0.3 is 10.2 Å². The van der Waals surface area contributed by atoms with E-state index in [2.05, 4.69) is 32.7 Å². The van der Waals surface area contributed by atoms with E-state index in [1.165, 1.54) is 4.90 Å². The van der Waals surface area contributed by atoms with Gasteiger partial charge in [-0.2, -0.15) is 0 Å². The van der Waals surface area contributed by atoms with Crippen molar-refractivity contribution in [2.75, 3.05) is 18.0 Å². The van der Waals surface area contributed by atoms with E-state index in [-0.39, 0.29) is 23.8 Å². The molecule has 150 valence electrons. The minimum Gasteiger partial charge on any atom is -0.323 e. The molecule has 1 aliphatic carbocycles. The maximum Gasteiger partial charge on any atom is 0.325 e. The topological polar surface area (TPSA) is 69.7 Å². The maximum absolute atomic E-state index is 13.2. The van der Waals surface area contributed by atoms with Crippen LogP contribution in [-0.4, -0.2) is 41.4 Å². The van der Waals surface area contributed by atoms with Gasteiger partial charge in [-0.15, -0.1) is 6.58 Å². The van der Waals surface area contributed by atoms with Crippen LogP contribution < -0.4 is 10.2 Å². The molecule has 0 radical (unpaired) electrons. The van der Waals surface area contributed by atoms with Gasteiger partial charge in [-0.25, -0.2) is 4.79 Å². The third-order valence-electron chi connectivity index (χ3n) is 5.60. The van der Waals surface area contributed by atoms with E-state index < -0.39 is 11.6 Å². The van der Waals surface area contributed by atoms with E-state index in [9.17, 15) is 14.4 Å². The van der Waals surface area contributed by atoms with Crippen molar-refractivity contribution in [1.29, 1.82) is 0 Å². The van der Waals surface area contributed by atoms with E-state index >= 15 is 0 Å². The highest BCUT2D eigenvalue weighted by Gasteiger charge is 2.56. The van der Waals surface area contributed by atoms with Gasteiger partial charge in [-0.05, 0) is 42.7 Å². The monoisotopic (exact) mass is 383 g/mol. The predicted molar refractivity (Wildman–Crippen MR) is 109 cm³/mol. The molecule has 2 atom stereocenters. The number of carbonyl (C=O) groups excluding carboxylic acids is 3. The second-order valence-corrected chi connectivity index (χ2v) is 8.89. The van der Waals surface area contributed by atoms with Gasteiger partial charge in [0.15, 0.2) is 0 Å². The standard InChI is InChI=1S/C22H29N3O3/c1-5-11-24(17-9-7-6-8-10-17)18(26)14-25-19(27)22(23-20(25)28)13-16(2)12-21(3,4)15-22/h5-10,16H,1,11-15H2,2-4H3,(H,23,28). The van der Waals surface area contributed by atoms with Crippen molar-refractivity contribution in [1.82, 2.24) is 10.2 Å². The highest BCUT2D eigenvalue weighted by molar-refractivity contribution is 6.10. The van der Waals surface area contributed by atoms with Gasteiger partial charge in [0, 0.05) is 12.2 Å². The first-order chi connectivity index (χ1) is 13.2. The van der Waals surface area contributed by atoms with Gasteiger partial charge in [-0.3, -0.25) is 14.5 Å². The fourth-order valence-electron chi connectivity index (χ4n) is 4.96. The minimum atomic E-state index is -0.894. The van der Waals surface area contributed by atoms with Crippen LogP contribution in [0.15, 0.2) is 43.0 Å². The fourth-order valence-corrected chi connectivity index (χ4v) is 4.96. The third-order valence-corrected chi connectivity index (χ3v) is 5.60. The number of imide groups is 1. The summed E-state index contributed by atoms with van der Waals surface area (Å²) in [6, 6.07) is 8.71. The van der Waals surface area contributed by atoms with Crippen LogP contribution in [0.4, 0.5) is 10.5 Å². The summed E-state index contributed by atoms with van der Waals surface area (Å²) in [4.78, 5) is 41.4. The number of benzene rings is 1. The molecule has 2 unspecified atom stereocenters. The molecule has 0 bridgehead atoms. The molecule has 28 heavy (non-hydrogen) atoms. The fraction of sp³-hybridized carbons (Fsp3) is 0.500. The lowest BCUT2D eigenvalue weighted by atomic mass is 9.64. The smallest absolute Gasteiger partial charge is 0.323 e. The van der Waals surface area contributed by atoms with Crippen LogP contribution in [0.25, 0.3) is 0 Å². The molecule has 1 saturated carbocycles. The normalized spacial score (nSPS) is 26.2. The Kier molecular flexibility index (Phi) is 5.33. The van der Waals surface area contributed by atoms with Crippen LogP contribution in [0.2, 0.25) is 0 Å². The second-order valence-electron chi connectivity index (χ2n) is 8.89. The van der Waals surface area contributed by atoms with Crippen LogP contribution in [0.3, 0.4) is 0 Å².